The van der Waals surface area contributed by atoms with Crippen LogP contribution in [-0.2, 0) is 6.54 Å². The van der Waals surface area contributed by atoms with Gasteiger partial charge in [0, 0.05) is 35.5 Å². The van der Waals surface area contributed by atoms with Crippen LogP contribution in [0.5, 0.6) is 0 Å². The molecule has 3 aromatic heterocycles. The molecular formula is C19H16BrN5S. The first kappa shape index (κ1) is 17.1. The first-order chi connectivity index (χ1) is 12.8. The fourth-order valence-corrected chi connectivity index (χ4v) is 3.71. The van der Waals surface area contributed by atoms with E-state index in [0.29, 0.717) is 6.54 Å². The van der Waals surface area contributed by atoms with Crippen LogP contribution in [0.25, 0.3) is 16.9 Å². The fraction of sp³-hybridized carbons (Fsp3) is 0.105. The number of hydrogen-bond donors (Lipinski definition) is 1. The van der Waals surface area contributed by atoms with Crippen LogP contribution in [0.15, 0.2) is 70.4 Å². The Bertz CT molecular complexity index is 1050. The van der Waals surface area contributed by atoms with Gasteiger partial charge >= 0.3 is 0 Å². The predicted octanol–water partition coefficient (Wildman–Crippen LogP) is 4.89. The van der Waals surface area contributed by atoms with Gasteiger partial charge in [-0.3, -0.25) is 4.98 Å². The van der Waals surface area contributed by atoms with Crippen LogP contribution in [0, 0.1) is 0 Å². The van der Waals surface area contributed by atoms with Crippen LogP contribution in [0.2, 0.25) is 0 Å². The van der Waals surface area contributed by atoms with E-state index in [-0.39, 0.29) is 0 Å². The van der Waals surface area contributed by atoms with E-state index in [1.165, 1.54) is 4.90 Å². The van der Waals surface area contributed by atoms with Crippen molar-refractivity contribution in [1.82, 2.24) is 19.6 Å². The molecule has 0 saturated carbocycles. The van der Waals surface area contributed by atoms with Gasteiger partial charge in [0.15, 0.2) is 5.65 Å². The highest BCUT2D eigenvalue weighted by atomic mass is 79.9. The zero-order valence-corrected chi connectivity index (χ0v) is 16.5. The molecule has 0 aliphatic heterocycles. The van der Waals surface area contributed by atoms with Gasteiger partial charge in [0.25, 0.3) is 0 Å². The maximum atomic E-state index is 4.82. The van der Waals surface area contributed by atoms with E-state index in [9.17, 15) is 0 Å². The van der Waals surface area contributed by atoms with E-state index in [2.05, 4.69) is 49.7 Å². The molecule has 1 aromatic carbocycles. The van der Waals surface area contributed by atoms with E-state index in [1.807, 2.05) is 41.0 Å². The molecule has 0 bridgehead atoms. The van der Waals surface area contributed by atoms with Crippen molar-refractivity contribution in [3.8, 4) is 11.3 Å². The lowest BCUT2D eigenvalue weighted by molar-refractivity contribution is 0.925. The molecule has 0 atom stereocenters. The molecule has 0 aliphatic rings. The number of nitrogens with one attached hydrogen (secondary N) is 1. The highest BCUT2D eigenvalue weighted by Gasteiger charge is 2.13. The highest BCUT2D eigenvalue weighted by Crippen LogP contribution is 2.32. The lowest BCUT2D eigenvalue weighted by Gasteiger charge is -2.12. The minimum absolute atomic E-state index is 0.661. The molecule has 0 saturated heterocycles. The van der Waals surface area contributed by atoms with Gasteiger partial charge in [-0.25, -0.2) is 4.98 Å². The largest absolute Gasteiger partial charge is 0.366 e. The Kier molecular flexibility index (Phi) is 4.90. The minimum atomic E-state index is 0.661. The van der Waals surface area contributed by atoms with Crippen LogP contribution in [0.1, 0.15) is 5.56 Å². The topological polar surface area (TPSA) is 55.1 Å². The number of benzene rings is 1. The summed E-state index contributed by atoms with van der Waals surface area (Å²) in [5.41, 5.74) is 3.92. The Labute approximate surface area is 164 Å². The molecule has 1 N–H and O–H groups in total. The summed E-state index contributed by atoms with van der Waals surface area (Å²) in [5, 5.41) is 7.89. The van der Waals surface area contributed by atoms with E-state index < -0.39 is 0 Å². The summed E-state index contributed by atoms with van der Waals surface area (Å²) in [7, 11) is 0. The molecule has 5 nitrogen and oxygen atoms in total. The average Bonchev–Trinajstić information content (AvgIpc) is 3.08. The summed E-state index contributed by atoms with van der Waals surface area (Å²) >= 11 is 5.27. The van der Waals surface area contributed by atoms with Gasteiger partial charge in [-0.05, 0) is 39.9 Å². The number of rotatable bonds is 5. The number of hydrogen-bond acceptors (Lipinski definition) is 5. The van der Waals surface area contributed by atoms with Gasteiger partial charge in [-0.15, -0.1) is 11.8 Å². The summed E-state index contributed by atoms with van der Waals surface area (Å²) < 4.78 is 2.68. The smallest absolute Gasteiger partial charge is 0.172 e. The van der Waals surface area contributed by atoms with E-state index in [1.54, 1.807) is 24.2 Å². The van der Waals surface area contributed by atoms with Gasteiger partial charge in [0.2, 0.25) is 0 Å². The third-order valence-corrected chi connectivity index (χ3v) is 5.36. The van der Waals surface area contributed by atoms with Gasteiger partial charge in [-0.2, -0.15) is 9.61 Å². The predicted molar refractivity (Wildman–Crippen MR) is 109 cm³/mol. The lowest BCUT2D eigenvalue weighted by Crippen LogP contribution is -2.07. The molecular weight excluding hydrogens is 410 g/mol. The first-order valence-corrected chi connectivity index (χ1v) is 10.1. The number of aromatic nitrogens is 4. The normalized spacial score (nSPS) is 11.0. The summed E-state index contributed by atoms with van der Waals surface area (Å²) in [6, 6.07) is 14.3. The number of nitrogens with zero attached hydrogens (tertiary/aromatic N) is 4. The summed E-state index contributed by atoms with van der Waals surface area (Å²) in [5.74, 6) is 0.885. The minimum Gasteiger partial charge on any atom is -0.366 e. The number of thioether (sulfide) groups is 1. The van der Waals surface area contributed by atoms with Gasteiger partial charge < -0.3 is 5.32 Å². The summed E-state index contributed by atoms with van der Waals surface area (Å²) in [6.45, 7) is 0.661. The van der Waals surface area contributed by atoms with Crippen molar-refractivity contribution in [2.75, 3.05) is 11.6 Å². The van der Waals surface area contributed by atoms with Crippen molar-refractivity contribution in [2.45, 2.75) is 11.4 Å². The zero-order valence-electron chi connectivity index (χ0n) is 14.1. The molecule has 0 unspecified atom stereocenters. The standard InChI is InChI=1S/C19H16BrN5S/c1-26-17-7-3-2-6-14(17)16-9-18(22-11-13-5-4-8-21-10-13)25-19(24-16)15(20)12-23-25/h2-10,12,22H,11H2,1H3. The molecule has 0 radical (unpaired) electrons. The van der Waals surface area contributed by atoms with E-state index in [4.69, 9.17) is 4.98 Å². The van der Waals surface area contributed by atoms with Crippen LogP contribution < -0.4 is 5.32 Å². The van der Waals surface area contributed by atoms with Crippen molar-refractivity contribution in [1.29, 1.82) is 0 Å². The molecule has 0 amide bonds. The molecule has 0 spiro atoms. The van der Waals surface area contributed by atoms with Crippen LogP contribution >= 0.6 is 27.7 Å². The maximum Gasteiger partial charge on any atom is 0.172 e. The summed E-state index contributed by atoms with van der Waals surface area (Å²) in [6.07, 6.45) is 7.47. The number of fused-ring (bicyclic) bond motifs is 1. The van der Waals surface area contributed by atoms with E-state index in [0.717, 1.165) is 32.8 Å². The highest BCUT2D eigenvalue weighted by molar-refractivity contribution is 9.10. The van der Waals surface area contributed by atoms with Gasteiger partial charge in [0.1, 0.15) is 5.82 Å². The number of pyridine rings is 1. The van der Waals surface area contributed by atoms with Crippen molar-refractivity contribution < 1.29 is 0 Å². The van der Waals surface area contributed by atoms with Crippen LogP contribution in [-0.4, -0.2) is 25.8 Å². The molecule has 26 heavy (non-hydrogen) atoms. The Morgan fingerprint density at radius 3 is 2.85 bits per heavy atom. The second-order valence-electron chi connectivity index (χ2n) is 5.67. The second-order valence-corrected chi connectivity index (χ2v) is 7.37. The summed E-state index contributed by atoms with van der Waals surface area (Å²) in [4.78, 5) is 10.2. The third kappa shape index (κ3) is 3.32. The Morgan fingerprint density at radius 2 is 2.04 bits per heavy atom. The lowest BCUT2D eigenvalue weighted by atomic mass is 10.1. The quantitative estimate of drug-likeness (QED) is 0.461. The maximum absolute atomic E-state index is 4.82. The first-order valence-electron chi connectivity index (χ1n) is 8.06. The number of halogens is 1. The molecule has 0 aliphatic carbocycles. The molecule has 4 rings (SSSR count). The molecule has 3 heterocycles. The van der Waals surface area contributed by atoms with Gasteiger partial charge in [0.05, 0.1) is 16.4 Å². The molecule has 4 aromatic rings. The van der Waals surface area contributed by atoms with Crippen molar-refractivity contribution in [3.05, 3.63) is 71.1 Å². The van der Waals surface area contributed by atoms with Crippen molar-refractivity contribution >= 4 is 39.2 Å². The van der Waals surface area contributed by atoms with Crippen molar-refractivity contribution in [2.24, 2.45) is 0 Å². The molecule has 7 heteroatoms. The zero-order chi connectivity index (χ0) is 17.9. The third-order valence-electron chi connectivity index (χ3n) is 4.01. The van der Waals surface area contributed by atoms with Crippen molar-refractivity contribution in [3.63, 3.8) is 0 Å². The van der Waals surface area contributed by atoms with E-state index >= 15 is 0 Å². The number of anilines is 1. The Hall–Kier alpha value is -2.38. The fourth-order valence-electron chi connectivity index (χ4n) is 2.75. The van der Waals surface area contributed by atoms with Crippen LogP contribution in [0.4, 0.5) is 5.82 Å². The molecule has 130 valence electrons. The second kappa shape index (κ2) is 7.47. The monoisotopic (exact) mass is 425 g/mol. The Balaban J connectivity index is 1.79. The SMILES string of the molecule is CSc1ccccc1-c1cc(NCc2cccnc2)n2ncc(Br)c2n1. The van der Waals surface area contributed by atoms with Gasteiger partial charge in [-0.1, -0.05) is 24.3 Å². The average molecular weight is 426 g/mol. The van der Waals surface area contributed by atoms with Crippen LogP contribution in [0.3, 0.4) is 0 Å². The Morgan fingerprint density at radius 1 is 1.15 bits per heavy atom. The molecule has 0 fully saturated rings.